The summed E-state index contributed by atoms with van der Waals surface area (Å²) in [6.45, 7) is 4.03. The van der Waals surface area contributed by atoms with Crippen LogP contribution in [0.3, 0.4) is 0 Å². The number of thiazole rings is 1. The smallest absolute Gasteiger partial charge is 0.293 e. The van der Waals surface area contributed by atoms with Gasteiger partial charge in [0.2, 0.25) is 0 Å². The van der Waals surface area contributed by atoms with Gasteiger partial charge in [0.15, 0.2) is 0 Å². The molecule has 0 saturated carbocycles. The summed E-state index contributed by atoms with van der Waals surface area (Å²) in [4.78, 5) is 15.2. The van der Waals surface area contributed by atoms with Crippen molar-refractivity contribution in [3.05, 3.63) is 44.8 Å². The third kappa shape index (κ3) is 2.70. The maximum atomic E-state index is 11.2. The van der Waals surface area contributed by atoms with Crippen molar-refractivity contribution in [1.29, 1.82) is 0 Å². The highest BCUT2D eigenvalue weighted by Gasteiger charge is 2.17. The number of hydrogen-bond donors (Lipinski definition) is 1. The van der Waals surface area contributed by atoms with Gasteiger partial charge in [0.05, 0.1) is 26.7 Å². The van der Waals surface area contributed by atoms with E-state index in [1.54, 1.807) is 25.1 Å². The molecule has 1 aromatic carbocycles. The molecule has 0 radical (unpaired) electrons. The van der Waals surface area contributed by atoms with E-state index in [4.69, 9.17) is 4.52 Å². The standard InChI is InChI=1S/C13H12N4O3S/c1-7-3-9(16-20-7)6-14-10-4-11-13(21-8(2)15-11)5-12(10)17(18)19/h3-5,14H,6H2,1-2H3. The molecule has 2 aromatic heterocycles. The molecule has 108 valence electrons. The van der Waals surface area contributed by atoms with Gasteiger partial charge in [-0.3, -0.25) is 10.1 Å². The summed E-state index contributed by atoms with van der Waals surface area (Å²) in [5.74, 6) is 0.701. The van der Waals surface area contributed by atoms with E-state index >= 15 is 0 Å². The van der Waals surface area contributed by atoms with E-state index in [2.05, 4.69) is 15.5 Å². The molecule has 0 aliphatic heterocycles. The molecule has 8 heteroatoms. The molecule has 2 heterocycles. The van der Waals surface area contributed by atoms with Gasteiger partial charge >= 0.3 is 0 Å². The minimum absolute atomic E-state index is 0.0337. The largest absolute Gasteiger partial charge is 0.374 e. The predicted molar refractivity (Wildman–Crippen MR) is 79.6 cm³/mol. The Balaban J connectivity index is 1.95. The predicted octanol–water partition coefficient (Wildman–Crippen LogP) is 3.42. The normalized spacial score (nSPS) is 11.0. The first-order valence-electron chi connectivity index (χ1n) is 6.24. The number of nitrogens with one attached hydrogen (secondary N) is 1. The zero-order valence-corrected chi connectivity index (χ0v) is 12.2. The number of nitrogens with zero attached hydrogens (tertiary/aromatic N) is 3. The van der Waals surface area contributed by atoms with Crippen molar-refractivity contribution in [2.24, 2.45) is 0 Å². The van der Waals surface area contributed by atoms with Crippen LogP contribution in [0.1, 0.15) is 16.5 Å². The molecule has 0 bridgehead atoms. The molecule has 0 atom stereocenters. The van der Waals surface area contributed by atoms with E-state index in [1.807, 2.05) is 6.92 Å². The van der Waals surface area contributed by atoms with Gasteiger partial charge in [-0.1, -0.05) is 5.16 Å². The van der Waals surface area contributed by atoms with Crippen LogP contribution in [0.25, 0.3) is 10.2 Å². The lowest BCUT2D eigenvalue weighted by Gasteiger charge is -2.05. The van der Waals surface area contributed by atoms with Gasteiger partial charge < -0.3 is 9.84 Å². The fraction of sp³-hybridized carbons (Fsp3) is 0.231. The van der Waals surface area contributed by atoms with Crippen molar-refractivity contribution in [3.8, 4) is 0 Å². The number of fused-ring (bicyclic) bond motifs is 1. The minimum Gasteiger partial charge on any atom is -0.374 e. The summed E-state index contributed by atoms with van der Waals surface area (Å²) < 4.78 is 5.78. The molecule has 0 aliphatic rings. The van der Waals surface area contributed by atoms with Crippen LogP contribution in [-0.4, -0.2) is 15.1 Å². The lowest BCUT2D eigenvalue weighted by atomic mass is 10.2. The third-order valence-electron chi connectivity index (χ3n) is 2.95. The summed E-state index contributed by atoms with van der Waals surface area (Å²) in [6.07, 6.45) is 0. The van der Waals surface area contributed by atoms with E-state index in [1.165, 1.54) is 11.3 Å². The van der Waals surface area contributed by atoms with E-state index in [9.17, 15) is 10.1 Å². The molecule has 21 heavy (non-hydrogen) atoms. The maximum Gasteiger partial charge on any atom is 0.293 e. The Morgan fingerprint density at radius 3 is 2.86 bits per heavy atom. The maximum absolute atomic E-state index is 11.2. The molecule has 0 saturated heterocycles. The van der Waals surface area contributed by atoms with Crippen molar-refractivity contribution >= 4 is 32.9 Å². The van der Waals surface area contributed by atoms with Gasteiger partial charge in [-0.2, -0.15) is 0 Å². The van der Waals surface area contributed by atoms with Crippen LogP contribution in [0.5, 0.6) is 0 Å². The number of aryl methyl sites for hydroxylation is 2. The molecule has 0 amide bonds. The summed E-state index contributed by atoms with van der Waals surface area (Å²) in [6, 6.07) is 5.03. The summed E-state index contributed by atoms with van der Waals surface area (Å²) in [5, 5.41) is 19.0. The van der Waals surface area contributed by atoms with Crippen LogP contribution in [0.15, 0.2) is 22.7 Å². The molecule has 3 aromatic rings. The number of nitro groups is 1. The Bertz CT molecular complexity index is 824. The molecule has 1 N–H and O–H groups in total. The van der Waals surface area contributed by atoms with Crippen molar-refractivity contribution in [1.82, 2.24) is 10.1 Å². The van der Waals surface area contributed by atoms with Crippen LogP contribution in [0, 0.1) is 24.0 Å². The number of nitro benzene ring substituents is 1. The Morgan fingerprint density at radius 2 is 2.19 bits per heavy atom. The Morgan fingerprint density at radius 1 is 1.38 bits per heavy atom. The van der Waals surface area contributed by atoms with Gasteiger partial charge in [0, 0.05) is 12.1 Å². The zero-order chi connectivity index (χ0) is 15.0. The summed E-state index contributed by atoms with van der Waals surface area (Å²) >= 11 is 1.44. The number of aromatic nitrogens is 2. The SMILES string of the molecule is Cc1cc(CNc2cc3nc(C)sc3cc2[N+](=O)[O-])no1. The second kappa shape index (κ2) is 5.13. The van der Waals surface area contributed by atoms with Crippen molar-refractivity contribution in [2.45, 2.75) is 20.4 Å². The van der Waals surface area contributed by atoms with E-state index in [0.717, 1.165) is 15.2 Å². The van der Waals surface area contributed by atoms with Crippen LogP contribution < -0.4 is 5.32 Å². The number of anilines is 1. The topological polar surface area (TPSA) is 94.1 Å². The van der Waals surface area contributed by atoms with E-state index in [-0.39, 0.29) is 5.69 Å². The first-order valence-corrected chi connectivity index (χ1v) is 7.06. The second-order valence-corrected chi connectivity index (χ2v) is 5.84. The molecule has 0 unspecified atom stereocenters. The van der Waals surface area contributed by atoms with Crippen LogP contribution in [0.4, 0.5) is 11.4 Å². The van der Waals surface area contributed by atoms with Crippen molar-refractivity contribution in [3.63, 3.8) is 0 Å². The van der Waals surface area contributed by atoms with Gasteiger partial charge in [0.1, 0.15) is 17.1 Å². The Labute approximate surface area is 123 Å². The van der Waals surface area contributed by atoms with Crippen molar-refractivity contribution in [2.75, 3.05) is 5.32 Å². The quantitative estimate of drug-likeness (QED) is 0.586. The van der Waals surface area contributed by atoms with Gasteiger partial charge in [-0.05, 0) is 19.9 Å². The van der Waals surface area contributed by atoms with Gasteiger partial charge in [-0.25, -0.2) is 4.98 Å². The average Bonchev–Trinajstić information content (AvgIpc) is 2.99. The molecule has 0 spiro atoms. The zero-order valence-electron chi connectivity index (χ0n) is 11.4. The second-order valence-electron chi connectivity index (χ2n) is 4.61. The highest BCUT2D eigenvalue weighted by atomic mass is 32.1. The van der Waals surface area contributed by atoms with Crippen LogP contribution in [0.2, 0.25) is 0 Å². The van der Waals surface area contributed by atoms with Crippen LogP contribution >= 0.6 is 11.3 Å². The first-order chi connectivity index (χ1) is 10.0. The molecule has 7 nitrogen and oxygen atoms in total. The molecule has 0 fully saturated rings. The highest BCUT2D eigenvalue weighted by Crippen LogP contribution is 2.33. The fourth-order valence-corrected chi connectivity index (χ4v) is 2.90. The number of rotatable bonds is 4. The Kier molecular flexibility index (Phi) is 3.30. The summed E-state index contributed by atoms with van der Waals surface area (Å²) in [7, 11) is 0. The van der Waals surface area contributed by atoms with Gasteiger partial charge in [-0.15, -0.1) is 11.3 Å². The average molecular weight is 304 g/mol. The molecule has 3 rings (SSSR count). The van der Waals surface area contributed by atoms with Crippen molar-refractivity contribution < 1.29 is 9.45 Å². The van der Waals surface area contributed by atoms with Gasteiger partial charge in [0.25, 0.3) is 5.69 Å². The third-order valence-corrected chi connectivity index (χ3v) is 3.88. The highest BCUT2D eigenvalue weighted by molar-refractivity contribution is 7.18. The first kappa shape index (κ1) is 13.5. The lowest BCUT2D eigenvalue weighted by molar-refractivity contribution is -0.383. The summed E-state index contributed by atoms with van der Waals surface area (Å²) in [5.41, 5.74) is 1.91. The number of hydrogen-bond acceptors (Lipinski definition) is 7. The lowest BCUT2D eigenvalue weighted by Crippen LogP contribution is -2.02. The fourth-order valence-electron chi connectivity index (χ4n) is 2.06. The van der Waals surface area contributed by atoms with E-state index in [0.29, 0.717) is 23.7 Å². The molecular formula is C13H12N4O3S. The molecular weight excluding hydrogens is 292 g/mol. The molecule has 0 aliphatic carbocycles. The Hall–Kier alpha value is -2.48. The minimum atomic E-state index is -0.398. The van der Waals surface area contributed by atoms with Crippen LogP contribution in [-0.2, 0) is 6.54 Å². The monoisotopic (exact) mass is 304 g/mol. The van der Waals surface area contributed by atoms with E-state index < -0.39 is 4.92 Å². The number of benzene rings is 1.